The molecule has 2 bridgehead atoms. The van der Waals surface area contributed by atoms with E-state index in [0.29, 0.717) is 19.3 Å². The third-order valence-electron chi connectivity index (χ3n) is 3.80. The molecule has 120 valence electrons. The van der Waals surface area contributed by atoms with Gasteiger partial charge in [-0.25, -0.2) is 9.18 Å². The fourth-order valence-electron chi connectivity index (χ4n) is 2.73. The number of carbonyl (C=O) groups excluding carboxylic acids is 2. The molecule has 0 radical (unpaired) electrons. The van der Waals surface area contributed by atoms with Gasteiger partial charge in [-0.2, -0.15) is 21.6 Å². The highest BCUT2D eigenvalue weighted by Gasteiger charge is 2.73. The van der Waals surface area contributed by atoms with Crippen LogP contribution in [0.2, 0.25) is 0 Å². The molecule has 2 fully saturated rings. The average molecular weight is 334 g/mol. The number of carbonyl (C=O) groups is 2. The van der Waals surface area contributed by atoms with Gasteiger partial charge in [-0.05, 0) is 19.3 Å². The second kappa shape index (κ2) is 4.63. The lowest BCUT2D eigenvalue weighted by atomic mass is 9.96. The van der Waals surface area contributed by atoms with E-state index in [1.54, 1.807) is 0 Å². The van der Waals surface area contributed by atoms with E-state index in [9.17, 15) is 35.6 Å². The molecule has 0 amide bonds. The van der Waals surface area contributed by atoms with Gasteiger partial charge in [-0.3, -0.25) is 9.35 Å². The Hall–Kier alpha value is -1.23. The Balaban J connectivity index is 2.28. The van der Waals surface area contributed by atoms with Crippen LogP contribution in [-0.4, -0.2) is 42.0 Å². The van der Waals surface area contributed by atoms with Crippen molar-refractivity contribution in [2.24, 2.45) is 11.8 Å². The molecule has 4 unspecified atom stereocenters. The minimum atomic E-state index is -6.47. The Bertz CT molecular complexity index is 585. The second-order valence-electron chi connectivity index (χ2n) is 5.07. The zero-order valence-corrected chi connectivity index (χ0v) is 11.1. The topological polar surface area (TPSA) is 97.7 Å². The van der Waals surface area contributed by atoms with Gasteiger partial charge in [0.05, 0.1) is 0 Å². The fraction of sp³-hybridized carbons (Fsp3) is 0.800. The third kappa shape index (κ3) is 2.31. The number of ketones is 1. The van der Waals surface area contributed by atoms with Crippen molar-refractivity contribution < 1.29 is 44.9 Å². The number of hydrogen-bond donors (Lipinski definition) is 1. The molecule has 2 aliphatic rings. The van der Waals surface area contributed by atoms with Gasteiger partial charge >= 0.3 is 27.3 Å². The van der Waals surface area contributed by atoms with Crippen LogP contribution in [0.3, 0.4) is 0 Å². The summed E-state index contributed by atoms with van der Waals surface area (Å²) < 4.78 is 85.0. The van der Waals surface area contributed by atoms with Crippen LogP contribution in [-0.2, 0) is 24.4 Å². The van der Waals surface area contributed by atoms with Gasteiger partial charge in [0.2, 0.25) is 0 Å². The number of esters is 1. The summed E-state index contributed by atoms with van der Waals surface area (Å²) in [5.74, 6) is -4.52. The van der Waals surface area contributed by atoms with E-state index in [4.69, 9.17) is 4.55 Å². The largest absolute Gasteiger partial charge is 0.451 e. The lowest BCUT2D eigenvalue weighted by molar-refractivity contribution is -0.219. The Kier molecular flexibility index (Phi) is 3.56. The zero-order chi connectivity index (χ0) is 16.2. The normalized spacial score (nSPS) is 32.0. The van der Waals surface area contributed by atoms with Crippen LogP contribution in [0.4, 0.5) is 17.6 Å². The molecule has 0 aliphatic heterocycles. The third-order valence-corrected chi connectivity index (χ3v) is 4.91. The molecular weight excluding hydrogens is 324 g/mol. The van der Waals surface area contributed by atoms with Crippen molar-refractivity contribution in [2.45, 2.75) is 36.5 Å². The number of alkyl halides is 4. The predicted molar refractivity (Wildman–Crippen MR) is 57.2 cm³/mol. The second-order valence-corrected chi connectivity index (χ2v) is 6.58. The van der Waals surface area contributed by atoms with E-state index in [1.165, 1.54) is 0 Å². The molecule has 2 aliphatic carbocycles. The standard InChI is InChI=1S/C10H10F4O6S/c11-9(10(12,13)14,21(17,18)19)8(16)20-7-5-2-1-4(3-5)6(7)15/h4-5,7H,1-3H2,(H,17,18,19). The molecule has 0 aromatic rings. The van der Waals surface area contributed by atoms with Crippen LogP contribution < -0.4 is 0 Å². The first kappa shape index (κ1) is 16.1. The molecule has 0 aromatic heterocycles. The van der Waals surface area contributed by atoms with Crippen molar-refractivity contribution in [2.75, 3.05) is 0 Å². The first-order valence-corrected chi connectivity index (χ1v) is 7.31. The Labute approximate surface area is 116 Å². The summed E-state index contributed by atoms with van der Waals surface area (Å²) >= 11 is 0. The summed E-state index contributed by atoms with van der Waals surface area (Å²) in [5.41, 5.74) is 0. The highest BCUT2D eigenvalue weighted by molar-refractivity contribution is 7.88. The van der Waals surface area contributed by atoms with Gasteiger partial charge in [-0.15, -0.1) is 0 Å². The number of rotatable bonds is 3. The predicted octanol–water partition coefficient (Wildman–Crippen LogP) is 1.01. The van der Waals surface area contributed by atoms with Gasteiger partial charge in [0.15, 0.2) is 11.9 Å². The summed E-state index contributed by atoms with van der Waals surface area (Å²) in [7, 11) is -6.47. The van der Waals surface area contributed by atoms with Crippen LogP contribution >= 0.6 is 0 Å². The average Bonchev–Trinajstić information content (AvgIpc) is 2.88. The first-order valence-electron chi connectivity index (χ1n) is 5.87. The summed E-state index contributed by atoms with van der Waals surface area (Å²) in [6.45, 7) is 0. The van der Waals surface area contributed by atoms with Crippen molar-refractivity contribution >= 4 is 21.9 Å². The van der Waals surface area contributed by atoms with E-state index < -0.39 is 51.0 Å². The summed E-state index contributed by atoms with van der Waals surface area (Å²) in [5, 5.41) is -5.61. The number of Topliss-reactive ketones (excluding diaryl/α,β-unsaturated/α-hetero) is 1. The highest BCUT2D eigenvalue weighted by Crippen LogP contribution is 2.45. The molecule has 11 heteroatoms. The van der Waals surface area contributed by atoms with Gasteiger partial charge in [-0.1, -0.05) is 0 Å². The van der Waals surface area contributed by atoms with Crippen molar-refractivity contribution in [3.05, 3.63) is 0 Å². The molecule has 0 spiro atoms. The first-order chi connectivity index (χ1) is 9.39. The molecule has 0 heterocycles. The van der Waals surface area contributed by atoms with E-state index in [-0.39, 0.29) is 0 Å². The monoisotopic (exact) mass is 334 g/mol. The molecule has 6 nitrogen and oxygen atoms in total. The number of fused-ring (bicyclic) bond motifs is 2. The number of halogens is 4. The van der Waals surface area contributed by atoms with Crippen LogP contribution in [0, 0.1) is 11.8 Å². The SMILES string of the molecule is O=C1C2CCC(C2)C1OC(=O)C(F)(C(F)(F)F)S(=O)(=O)O. The molecule has 21 heavy (non-hydrogen) atoms. The van der Waals surface area contributed by atoms with E-state index in [0.717, 1.165) is 0 Å². The molecule has 2 rings (SSSR count). The van der Waals surface area contributed by atoms with Crippen molar-refractivity contribution in [3.8, 4) is 0 Å². The van der Waals surface area contributed by atoms with Gasteiger partial charge in [0.25, 0.3) is 0 Å². The number of ether oxygens (including phenoxy) is 1. The maximum Gasteiger partial charge on any atom is 0.451 e. The van der Waals surface area contributed by atoms with Crippen molar-refractivity contribution in [1.82, 2.24) is 0 Å². The molecule has 2 saturated carbocycles. The fourth-order valence-corrected chi connectivity index (χ4v) is 3.28. The van der Waals surface area contributed by atoms with Gasteiger partial charge < -0.3 is 4.74 Å². The van der Waals surface area contributed by atoms with Crippen LogP contribution in [0.5, 0.6) is 0 Å². The van der Waals surface area contributed by atoms with Gasteiger partial charge in [0, 0.05) is 11.8 Å². The smallest absolute Gasteiger partial charge is 0.451 e. The molecule has 0 saturated heterocycles. The Morgan fingerprint density at radius 2 is 1.81 bits per heavy atom. The van der Waals surface area contributed by atoms with E-state index >= 15 is 0 Å². The minimum Gasteiger partial charge on any atom is -0.451 e. The van der Waals surface area contributed by atoms with Crippen molar-refractivity contribution in [3.63, 3.8) is 0 Å². The lowest BCUT2D eigenvalue weighted by Crippen LogP contribution is -2.56. The van der Waals surface area contributed by atoms with Crippen LogP contribution in [0.25, 0.3) is 0 Å². The molecule has 0 aromatic carbocycles. The highest BCUT2D eigenvalue weighted by atomic mass is 32.2. The summed E-state index contributed by atoms with van der Waals surface area (Å²) in [4.78, 5) is 23.0. The van der Waals surface area contributed by atoms with Crippen LogP contribution in [0.15, 0.2) is 0 Å². The summed E-state index contributed by atoms with van der Waals surface area (Å²) in [6, 6.07) is 0. The maximum absolute atomic E-state index is 13.7. The maximum atomic E-state index is 13.7. The van der Waals surface area contributed by atoms with Crippen molar-refractivity contribution in [1.29, 1.82) is 0 Å². The molecular formula is C10H10F4O6S. The van der Waals surface area contributed by atoms with Gasteiger partial charge in [0.1, 0.15) is 0 Å². The molecule has 4 atom stereocenters. The zero-order valence-electron chi connectivity index (χ0n) is 10.3. The molecule has 1 N–H and O–H groups in total. The van der Waals surface area contributed by atoms with E-state index in [1.807, 2.05) is 0 Å². The van der Waals surface area contributed by atoms with Crippen LogP contribution in [0.1, 0.15) is 19.3 Å². The number of hydrogen-bond acceptors (Lipinski definition) is 5. The minimum absolute atomic E-state index is 0.300. The summed E-state index contributed by atoms with van der Waals surface area (Å²) in [6.07, 6.45) is -6.64. The lowest BCUT2D eigenvalue weighted by Gasteiger charge is -2.26. The Morgan fingerprint density at radius 1 is 1.24 bits per heavy atom. The van der Waals surface area contributed by atoms with E-state index in [2.05, 4.69) is 4.74 Å². The Morgan fingerprint density at radius 3 is 2.19 bits per heavy atom. The quantitative estimate of drug-likeness (QED) is 0.470.